The van der Waals surface area contributed by atoms with E-state index in [1.807, 2.05) is 48.2 Å². The number of anilines is 1. The summed E-state index contributed by atoms with van der Waals surface area (Å²) in [5.41, 5.74) is 4.79. The van der Waals surface area contributed by atoms with Gasteiger partial charge in [0, 0.05) is 19.3 Å². The van der Waals surface area contributed by atoms with Gasteiger partial charge in [0.1, 0.15) is 5.82 Å². The highest BCUT2D eigenvalue weighted by Crippen LogP contribution is 2.33. The number of rotatable bonds is 9. The van der Waals surface area contributed by atoms with E-state index in [1.54, 1.807) is 17.7 Å². The number of amides is 2. The minimum atomic E-state index is -0.385. The minimum absolute atomic E-state index is 0.107. The van der Waals surface area contributed by atoms with Gasteiger partial charge >= 0.3 is 6.03 Å². The first-order valence-corrected chi connectivity index (χ1v) is 13.9. The molecule has 1 aromatic heterocycles. The minimum Gasteiger partial charge on any atom is -0.314 e. The van der Waals surface area contributed by atoms with Gasteiger partial charge < -0.3 is 10.2 Å². The number of carbonyl (C=O) groups is 1. The van der Waals surface area contributed by atoms with Crippen LogP contribution in [0.15, 0.2) is 77.6 Å². The van der Waals surface area contributed by atoms with Crippen LogP contribution in [0.2, 0.25) is 0 Å². The molecule has 39 heavy (non-hydrogen) atoms. The van der Waals surface area contributed by atoms with E-state index >= 15 is 0 Å². The SMILES string of the molecule is CCC(c1nc2ccccc2c(=O)n1C)N(CCc1ccccc1)C(=O)Nc1c(C(C)C)cccc1C(C)C. The number of nitrogens with one attached hydrogen (secondary N) is 1. The number of carbonyl (C=O) groups excluding carboxylic acids is 1. The lowest BCUT2D eigenvalue weighted by molar-refractivity contribution is 0.181. The molecule has 0 saturated heterocycles. The number of aromatic nitrogens is 2. The first-order valence-electron chi connectivity index (χ1n) is 13.9. The average Bonchev–Trinajstić information content (AvgIpc) is 2.93. The number of hydrogen-bond acceptors (Lipinski definition) is 3. The molecule has 2 amide bonds. The molecular weight excluding hydrogens is 484 g/mol. The van der Waals surface area contributed by atoms with Crippen molar-refractivity contribution in [3.05, 3.63) is 106 Å². The number of para-hydroxylation sites is 2. The van der Waals surface area contributed by atoms with Gasteiger partial charge in [-0.1, -0.05) is 95.3 Å². The number of fused-ring (bicyclic) bond motifs is 1. The van der Waals surface area contributed by atoms with E-state index in [9.17, 15) is 9.59 Å². The van der Waals surface area contributed by atoms with Crippen molar-refractivity contribution in [2.24, 2.45) is 7.05 Å². The Morgan fingerprint density at radius 2 is 1.51 bits per heavy atom. The highest BCUT2D eigenvalue weighted by molar-refractivity contribution is 5.92. The fourth-order valence-corrected chi connectivity index (χ4v) is 5.24. The van der Waals surface area contributed by atoms with Gasteiger partial charge in [-0.2, -0.15) is 0 Å². The Morgan fingerprint density at radius 3 is 2.13 bits per heavy atom. The second-order valence-electron chi connectivity index (χ2n) is 10.8. The van der Waals surface area contributed by atoms with E-state index in [4.69, 9.17) is 4.98 Å². The largest absolute Gasteiger partial charge is 0.322 e. The molecule has 1 N–H and O–H groups in total. The summed E-state index contributed by atoms with van der Waals surface area (Å²) in [7, 11) is 1.75. The van der Waals surface area contributed by atoms with Crippen molar-refractivity contribution < 1.29 is 4.79 Å². The smallest absolute Gasteiger partial charge is 0.314 e. The lowest BCUT2D eigenvalue weighted by atomic mass is 9.92. The van der Waals surface area contributed by atoms with Crippen molar-refractivity contribution in [3.8, 4) is 0 Å². The molecule has 0 saturated carbocycles. The van der Waals surface area contributed by atoms with Crippen LogP contribution in [0, 0.1) is 0 Å². The van der Waals surface area contributed by atoms with Gasteiger partial charge in [0.15, 0.2) is 0 Å². The molecular formula is C33H40N4O2. The van der Waals surface area contributed by atoms with Gasteiger partial charge in [0.25, 0.3) is 5.56 Å². The summed E-state index contributed by atoms with van der Waals surface area (Å²) in [5.74, 6) is 1.09. The van der Waals surface area contributed by atoms with Crippen LogP contribution in [0.1, 0.15) is 81.4 Å². The third-order valence-electron chi connectivity index (χ3n) is 7.43. The number of urea groups is 1. The molecule has 0 radical (unpaired) electrons. The summed E-state index contributed by atoms with van der Waals surface area (Å²) < 4.78 is 1.60. The molecule has 4 aromatic rings. The molecule has 1 atom stereocenters. The standard InChI is InChI=1S/C33H40N4O2/c1-7-29(31-34-28-19-12-11-16-27(28)32(38)36(31)6)37(21-20-24-14-9-8-10-15-24)33(39)35-30-25(22(2)3)17-13-18-26(30)23(4)5/h8-19,22-23,29H,7,20-21H2,1-6H3,(H,35,39). The summed E-state index contributed by atoms with van der Waals surface area (Å²) >= 11 is 0. The normalized spacial score (nSPS) is 12.2. The Balaban J connectivity index is 1.79. The Hall–Kier alpha value is -3.93. The lowest BCUT2D eigenvalue weighted by Gasteiger charge is -2.33. The molecule has 1 heterocycles. The lowest BCUT2D eigenvalue weighted by Crippen LogP contribution is -2.42. The fourth-order valence-electron chi connectivity index (χ4n) is 5.24. The Kier molecular flexibility index (Phi) is 8.85. The topological polar surface area (TPSA) is 67.2 Å². The first kappa shape index (κ1) is 28.1. The highest BCUT2D eigenvalue weighted by atomic mass is 16.2. The van der Waals surface area contributed by atoms with Gasteiger partial charge in [0.2, 0.25) is 0 Å². The summed E-state index contributed by atoms with van der Waals surface area (Å²) in [6.07, 6.45) is 1.30. The van der Waals surface area contributed by atoms with Crippen LogP contribution in [0.3, 0.4) is 0 Å². The van der Waals surface area contributed by atoms with Crippen molar-refractivity contribution in [2.45, 2.75) is 65.3 Å². The Bertz CT molecular complexity index is 1460. The second kappa shape index (κ2) is 12.3. The van der Waals surface area contributed by atoms with Crippen molar-refractivity contribution in [1.82, 2.24) is 14.5 Å². The zero-order valence-electron chi connectivity index (χ0n) is 23.9. The van der Waals surface area contributed by atoms with E-state index in [0.29, 0.717) is 36.1 Å². The van der Waals surface area contributed by atoms with E-state index in [0.717, 1.165) is 22.4 Å². The van der Waals surface area contributed by atoms with Crippen molar-refractivity contribution in [1.29, 1.82) is 0 Å². The van der Waals surface area contributed by atoms with E-state index in [2.05, 4.69) is 63.3 Å². The average molecular weight is 525 g/mol. The maximum Gasteiger partial charge on any atom is 0.322 e. The van der Waals surface area contributed by atoms with Gasteiger partial charge in [0.05, 0.1) is 16.9 Å². The molecule has 6 heteroatoms. The molecule has 0 bridgehead atoms. The van der Waals surface area contributed by atoms with E-state index in [1.165, 1.54) is 0 Å². The van der Waals surface area contributed by atoms with Crippen LogP contribution in [-0.2, 0) is 13.5 Å². The van der Waals surface area contributed by atoms with Crippen molar-refractivity contribution >= 4 is 22.6 Å². The summed E-state index contributed by atoms with van der Waals surface area (Å²) in [6.45, 7) is 11.1. The fraction of sp³-hybridized carbons (Fsp3) is 0.364. The molecule has 6 nitrogen and oxygen atoms in total. The number of hydrogen-bond donors (Lipinski definition) is 1. The van der Waals surface area contributed by atoms with Gasteiger partial charge in [-0.3, -0.25) is 9.36 Å². The van der Waals surface area contributed by atoms with E-state index < -0.39 is 0 Å². The quantitative estimate of drug-likeness (QED) is 0.248. The second-order valence-corrected chi connectivity index (χ2v) is 10.8. The van der Waals surface area contributed by atoms with Gasteiger partial charge in [-0.15, -0.1) is 0 Å². The van der Waals surface area contributed by atoms with Crippen LogP contribution < -0.4 is 10.9 Å². The van der Waals surface area contributed by atoms with Crippen LogP contribution in [-0.4, -0.2) is 27.0 Å². The summed E-state index contributed by atoms with van der Waals surface area (Å²) in [6, 6.07) is 23.2. The maximum absolute atomic E-state index is 14.2. The third kappa shape index (κ3) is 6.06. The Labute approximate surface area is 231 Å². The van der Waals surface area contributed by atoms with E-state index in [-0.39, 0.29) is 29.5 Å². The summed E-state index contributed by atoms with van der Waals surface area (Å²) in [4.78, 5) is 34.2. The summed E-state index contributed by atoms with van der Waals surface area (Å²) in [5, 5.41) is 3.88. The molecule has 1 unspecified atom stereocenters. The van der Waals surface area contributed by atoms with Crippen molar-refractivity contribution in [2.75, 3.05) is 11.9 Å². The zero-order chi connectivity index (χ0) is 28.1. The van der Waals surface area contributed by atoms with Crippen LogP contribution >= 0.6 is 0 Å². The molecule has 0 aliphatic carbocycles. The molecule has 0 aliphatic heterocycles. The predicted octanol–water partition coefficient (Wildman–Crippen LogP) is 7.41. The van der Waals surface area contributed by atoms with Gasteiger partial charge in [-0.25, -0.2) is 9.78 Å². The zero-order valence-corrected chi connectivity index (χ0v) is 23.9. The van der Waals surface area contributed by atoms with Crippen LogP contribution in [0.4, 0.5) is 10.5 Å². The van der Waals surface area contributed by atoms with Crippen LogP contribution in [0.5, 0.6) is 0 Å². The van der Waals surface area contributed by atoms with Gasteiger partial charge in [-0.05, 0) is 53.5 Å². The molecule has 204 valence electrons. The Morgan fingerprint density at radius 1 is 0.897 bits per heavy atom. The molecule has 0 aliphatic rings. The molecule has 0 fully saturated rings. The number of nitrogens with zero attached hydrogens (tertiary/aromatic N) is 3. The first-order chi connectivity index (χ1) is 18.7. The number of benzene rings is 3. The third-order valence-corrected chi connectivity index (χ3v) is 7.43. The molecule has 3 aromatic carbocycles. The van der Waals surface area contributed by atoms with Crippen LogP contribution in [0.25, 0.3) is 10.9 Å². The monoisotopic (exact) mass is 524 g/mol. The molecule has 0 spiro atoms. The van der Waals surface area contributed by atoms with Crippen molar-refractivity contribution in [3.63, 3.8) is 0 Å². The predicted molar refractivity (Wildman–Crippen MR) is 161 cm³/mol. The molecule has 4 rings (SSSR count). The highest BCUT2D eigenvalue weighted by Gasteiger charge is 2.29. The maximum atomic E-state index is 14.2.